The zero-order valence-corrected chi connectivity index (χ0v) is 11.7. The van der Waals surface area contributed by atoms with Gasteiger partial charge in [0, 0.05) is 36.8 Å². The van der Waals surface area contributed by atoms with Crippen LogP contribution < -0.4 is 16.0 Å². The van der Waals surface area contributed by atoms with Gasteiger partial charge >= 0.3 is 0 Å². The van der Waals surface area contributed by atoms with Crippen molar-refractivity contribution in [3.63, 3.8) is 0 Å². The third kappa shape index (κ3) is 5.01. The Hall–Kier alpha value is -1.88. The van der Waals surface area contributed by atoms with Crippen LogP contribution in [0.1, 0.15) is 32.6 Å². The molecule has 1 saturated carbocycles. The third-order valence-electron chi connectivity index (χ3n) is 3.11. The molecule has 2 amide bonds. The highest BCUT2D eigenvalue weighted by molar-refractivity contribution is 5.94. The zero-order valence-electron chi connectivity index (χ0n) is 11.7. The van der Waals surface area contributed by atoms with Gasteiger partial charge in [-0.15, -0.1) is 0 Å². The van der Waals surface area contributed by atoms with Gasteiger partial charge in [0.1, 0.15) is 0 Å². The quantitative estimate of drug-likeness (QED) is 0.714. The van der Waals surface area contributed by atoms with Crippen molar-refractivity contribution in [2.75, 3.05) is 17.2 Å². The smallest absolute Gasteiger partial charge is 0.225 e. The summed E-state index contributed by atoms with van der Waals surface area (Å²) in [4.78, 5) is 23.1. The van der Waals surface area contributed by atoms with Crippen LogP contribution in [0, 0.1) is 0 Å². The third-order valence-corrected chi connectivity index (χ3v) is 3.11. The van der Waals surface area contributed by atoms with Gasteiger partial charge in [-0.25, -0.2) is 0 Å². The Kier molecular flexibility index (Phi) is 5.12. The van der Waals surface area contributed by atoms with E-state index in [9.17, 15) is 9.59 Å². The number of carbonyl (C=O) groups is 2. The fraction of sp³-hybridized carbons (Fsp3) is 0.467. The Morgan fingerprint density at radius 1 is 1.15 bits per heavy atom. The molecule has 2 rings (SSSR count). The Balaban J connectivity index is 1.79. The summed E-state index contributed by atoms with van der Waals surface area (Å²) < 4.78 is 0. The van der Waals surface area contributed by atoms with Gasteiger partial charge in [-0.2, -0.15) is 0 Å². The summed E-state index contributed by atoms with van der Waals surface area (Å²) in [6, 6.07) is 7.81. The molecule has 1 fully saturated rings. The van der Waals surface area contributed by atoms with Crippen LogP contribution in [0.2, 0.25) is 0 Å². The average Bonchev–Trinajstić information content (AvgIpc) is 3.23. The van der Waals surface area contributed by atoms with Crippen LogP contribution in [0.3, 0.4) is 0 Å². The molecule has 0 heterocycles. The van der Waals surface area contributed by atoms with E-state index < -0.39 is 0 Å². The number of anilines is 2. The van der Waals surface area contributed by atoms with Crippen LogP contribution in [0.15, 0.2) is 24.3 Å². The van der Waals surface area contributed by atoms with Gasteiger partial charge in [-0.1, -0.05) is 13.0 Å². The lowest BCUT2D eigenvalue weighted by Gasteiger charge is -2.08. The lowest BCUT2D eigenvalue weighted by Crippen LogP contribution is -2.23. The maximum Gasteiger partial charge on any atom is 0.225 e. The van der Waals surface area contributed by atoms with Gasteiger partial charge in [0.2, 0.25) is 11.8 Å². The fourth-order valence-electron chi connectivity index (χ4n) is 1.82. The highest BCUT2D eigenvalue weighted by atomic mass is 16.2. The van der Waals surface area contributed by atoms with Crippen molar-refractivity contribution in [2.24, 2.45) is 0 Å². The molecular formula is C15H21N3O2. The van der Waals surface area contributed by atoms with Crippen LogP contribution in [-0.2, 0) is 9.59 Å². The van der Waals surface area contributed by atoms with E-state index in [0.29, 0.717) is 36.8 Å². The van der Waals surface area contributed by atoms with Crippen LogP contribution in [0.4, 0.5) is 11.4 Å². The normalized spacial score (nSPS) is 13.8. The number of hydrogen-bond donors (Lipinski definition) is 3. The number of benzene rings is 1. The van der Waals surface area contributed by atoms with Crippen molar-refractivity contribution >= 4 is 23.2 Å². The lowest BCUT2D eigenvalue weighted by molar-refractivity contribution is -0.116. The first-order chi connectivity index (χ1) is 9.67. The minimum Gasteiger partial charge on any atom is -0.326 e. The summed E-state index contributed by atoms with van der Waals surface area (Å²) in [6.07, 6.45) is 3.34. The summed E-state index contributed by atoms with van der Waals surface area (Å²) >= 11 is 0. The van der Waals surface area contributed by atoms with E-state index >= 15 is 0 Å². The molecule has 0 aliphatic heterocycles. The molecule has 108 valence electrons. The summed E-state index contributed by atoms with van der Waals surface area (Å²) in [7, 11) is 0. The van der Waals surface area contributed by atoms with Crippen molar-refractivity contribution < 1.29 is 9.59 Å². The number of nitrogens with one attached hydrogen (secondary N) is 3. The highest BCUT2D eigenvalue weighted by Crippen LogP contribution is 2.18. The Labute approximate surface area is 119 Å². The number of rotatable bonds is 7. The second-order valence-electron chi connectivity index (χ2n) is 5.01. The molecule has 5 heteroatoms. The zero-order chi connectivity index (χ0) is 14.4. The molecule has 0 atom stereocenters. The van der Waals surface area contributed by atoms with Crippen LogP contribution in [-0.4, -0.2) is 24.4 Å². The van der Waals surface area contributed by atoms with Crippen molar-refractivity contribution in [3.8, 4) is 0 Å². The maximum atomic E-state index is 11.8. The van der Waals surface area contributed by atoms with Gasteiger partial charge in [0.25, 0.3) is 0 Å². The monoisotopic (exact) mass is 275 g/mol. The largest absolute Gasteiger partial charge is 0.326 e. The molecule has 0 aromatic heterocycles. The van der Waals surface area contributed by atoms with E-state index in [1.807, 2.05) is 12.1 Å². The molecule has 0 radical (unpaired) electrons. The lowest BCUT2D eigenvalue weighted by atomic mass is 10.2. The van der Waals surface area contributed by atoms with E-state index in [-0.39, 0.29) is 11.8 Å². The maximum absolute atomic E-state index is 11.8. The van der Waals surface area contributed by atoms with Gasteiger partial charge in [0.05, 0.1) is 0 Å². The number of carbonyl (C=O) groups excluding carboxylic acids is 2. The molecule has 5 nitrogen and oxygen atoms in total. The van der Waals surface area contributed by atoms with Crippen LogP contribution >= 0.6 is 0 Å². The van der Waals surface area contributed by atoms with Gasteiger partial charge in [-0.05, 0) is 31.0 Å². The summed E-state index contributed by atoms with van der Waals surface area (Å²) in [6.45, 7) is 2.51. The van der Waals surface area contributed by atoms with Crippen LogP contribution in [0.25, 0.3) is 0 Å². The van der Waals surface area contributed by atoms with Gasteiger partial charge < -0.3 is 16.0 Å². The molecule has 1 aromatic rings. The Morgan fingerprint density at radius 2 is 1.80 bits per heavy atom. The first kappa shape index (κ1) is 14.5. The van der Waals surface area contributed by atoms with Gasteiger partial charge in [-0.3, -0.25) is 9.59 Å². The van der Waals surface area contributed by atoms with Gasteiger partial charge in [0.15, 0.2) is 0 Å². The van der Waals surface area contributed by atoms with Crippen LogP contribution in [0.5, 0.6) is 0 Å². The second-order valence-corrected chi connectivity index (χ2v) is 5.01. The van der Waals surface area contributed by atoms with Crippen molar-refractivity contribution in [2.45, 2.75) is 38.6 Å². The highest BCUT2D eigenvalue weighted by Gasteiger charge is 2.20. The molecule has 0 saturated heterocycles. The molecule has 1 aromatic carbocycles. The topological polar surface area (TPSA) is 70.2 Å². The molecular weight excluding hydrogens is 254 g/mol. The molecule has 0 bridgehead atoms. The van der Waals surface area contributed by atoms with Crippen molar-refractivity contribution in [1.82, 2.24) is 5.32 Å². The van der Waals surface area contributed by atoms with E-state index in [2.05, 4.69) is 16.0 Å². The number of amides is 2. The summed E-state index contributed by atoms with van der Waals surface area (Å²) in [5, 5.41) is 8.91. The molecule has 0 spiro atoms. The Morgan fingerprint density at radius 3 is 2.40 bits per heavy atom. The minimum absolute atomic E-state index is 0.0166. The summed E-state index contributed by atoms with van der Waals surface area (Å²) in [5.74, 6) is -0.0563. The SMILES string of the molecule is CCC(=O)Nc1cccc(NC(=O)CCNC2CC2)c1. The predicted octanol–water partition coefficient (Wildman–Crippen LogP) is 2.12. The first-order valence-electron chi connectivity index (χ1n) is 7.10. The number of hydrogen-bond acceptors (Lipinski definition) is 3. The molecule has 3 N–H and O–H groups in total. The van der Waals surface area contributed by atoms with E-state index in [1.54, 1.807) is 19.1 Å². The molecule has 1 aliphatic carbocycles. The van der Waals surface area contributed by atoms with E-state index in [4.69, 9.17) is 0 Å². The summed E-state index contributed by atoms with van der Waals surface area (Å²) in [5.41, 5.74) is 1.40. The fourth-order valence-corrected chi connectivity index (χ4v) is 1.82. The molecule has 1 aliphatic rings. The first-order valence-corrected chi connectivity index (χ1v) is 7.10. The standard InChI is InChI=1S/C15H21N3O2/c1-2-14(19)17-12-4-3-5-13(10-12)18-15(20)8-9-16-11-6-7-11/h3-5,10-11,16H,2,6-9H2,1H3,(H,17,19)(H,18,20). The average molecular weight is 275 g/mol. The van der Waals surface area contributed by atoms with E-state index in [1.165, 1.54) is 12.8 Å². The Bertz CT molecular complexity index is 484. The van der Waals surface area contributed by atoms with E-state index in [0.717, 1.165) is 0 Å². The van der Waals surface area contributed by atoms with Crippen molar-refractivity contribution in [3.05, 3.63) is 24.3 Å². The van der Waals surface area contributed by atoms with Crippen molar-refractivity contribution in [1.29, 1.82) is 0 Å². The molecule has 20 heavy (non-hydrogen) atoms. The minimum atomic E-state index is -0.0397. The predicted molar refractivity (Wildman–Crippen MR) is 79.6 cm³/mol. The second kappa shape index (κ2) is 7.05. The molecule has 0 unspecified atom stereocenters.